The second-order valence-corrected chi connectivity index (χ2v) is 6.02. The summed E-state index contributed by atoms with van der Waals surface area (Å²) in [6.07, 6.45) is 2.42. The number of fused-ring (bicyclic) bond motifs is 1. The van der Waals surface area contributed by atoms with Crippen molar-refractivity contribution in [1.82, 2.24) is 5.32 Å². The van der Waals surface area contributed by atoms with Gasteiger partial charge in [0.1, 0.15) is 0 Å². The van der Waals surface area contributed by atoms with Crippen LogP contribution in [0.3, 0.4) is 0 Å². The molecule has 1 aliphatic carbocycles. The third-order valence-electron chi connectivity index (χ3n) is 4.62. The Hall–Kier alpha value is -1.60. The van der Waals surface area contributed by atoms with Gasteiger partial charge in [-0.15, -0.1) is 0 Å². The Labute approximate surface area is 122 Å². The maximum atomic E-state index is 3.80. The van der Waals surface area contributed by atoms with E-state index in [-0.39, 0.29) is 0 Å². The molecule has 1 nitrogen and oxygen atoms in total. The van der Waals surface area contributed by atoms with Crippen LogP contribution in [0.2, 0.25) is 0 Å². The van der Waals surface area contributed by atoms with E-state index < -0.39 is 0 Å². The Morgan fingerprint density at radius 1 is 1.05 bits per heavy atom. The Morgan fingerprint density at radius 3 is 2.65 bits per heavy atom. The van der Waals surface area contributed by atoms with Crippen LogP contribution in [0.1, 0.15) is 53.2 Å². The minimum atomic E-state index is 0.394. The summed E-state index contributed by atoms with van der Waals surface area (Å²) in [6.45, 7) is 6.63. The van der Waals surface area contributed by atoms with Crippen molar-refractivity contribution in [2.45, 2.75) is 45.7 Å². The van der Waals surface area contributed by atoms with Crippen LogP contribution in [0.25, 0.3) is 0 Å². The lowest BCUT2D eigenvalue weighted by Crippen LogP contribution is -2.23. The molecule has 3 rings (SSSR count). The summed E-state index contributed by atoms with van der Waals surface area (Å²) in [5.74, 6) is 0. The molecule has 0 fully saturated rings. The van der Waals surface area contributed by atoms with Gasteiger partial charge in [0.25, 0.3) is 0 Å². The summed E-state index contributed by atoms with van der Waals surface area (Å²) < 4.78 is 0. The van der Waals surface area contributed by atoms with Crippen molar-refractivity contribution in [1.29, 1.82) is 0 Å². The minimum absolute atomic E-state index is 0.394. The predicted molar refractivity (Wildman–Crippen MR) is 85.0 cm³/mol. The first-order chi connectivity index (χ1) is 9.65. The van der Waals surface area contributed by atoms with Crippen LogP contribution in [-0.2, 0) is 6.42 Å². The molecular weight excluding hydrogens is 242 g/mol. The topological polar surface area (TPSA) is 12.0 Å². The zero-order chi connectivity index (χ0) is 14.1. The Kier molecular flexibility index (Phi) is 3.62. The zero-order valence-electron chi connectivity index (χ0n) is 12.6. The van der Waals surface area contributed by atoms with Gasteiger partial charge < -0.3 is 5.32 Å². The highest BCUT2D eigenvalue weighted by Crippen LogP contribution is 2.32. The maximum absolute atomic E-state index is 3.80. The van der Waals surface area contributed by atoms with Crippen LogP contribution < -0.4 is 5.32 Å². The molecule has 104 valence electrons. The molecule has 0 radical (unpaired) electrons. The summed E-state index contributed by atoms with van der Waals surface area (Å²) in [5.41, 5.74) is 7.13. The summed E-state index contributed by atoms with van der Waals surface area (Å²) in [5, 5.41) is 3.80. The Morgan fingerprint density at radius 2 is 1.85 bits per heavy atom. The number of benzene rings is 2. The van der Waals surface area contributed by atoms with Gasteiger partial charge in [-0.3, -0.25) is 0 Å². The van der Waals surface area contributed by atoms with Gasteiger partial charge in [0.05, 0.1) is 0 Å². The molecule has 0 spiro atoms. The van der Waals surface area contributed by atoms with Crippen LogP contribution in [-0.4, -0.2) is 0 Å². The average molecular weight is 265 g/mol. The van der Waals surface area contributed by atoms with Gasteiger partial charge in [0, 0.05) is 12.1 Å². The minimum Gasteiger partial charge on any atom is -0.303 e. The number of aryl methyl sites for hydroxylation is 3. The van der Waals surface area contributed by atoms with Crippen molar-refractivity contribution in [2.75, 3.05) is 0 Å². The lowest BCUT2D eigenvalue weighted by molar-refractivity contribution is 0.465. The molecule has 0 saturated carbocycles. The van der Waals surface area contributed by atoms with Gasteiger partial charge in [0.15, 0.2) is 0 Å². The third kappa shape index (κ3) is 2.51. The molecule has 0 aromatic heterocycles. The lowest BCUT2D eigenvalue weighted by atomic mass is 10.0. The maximum Gasteiger partial charge on any atom is 0.0331 e. The smallest absolute Gasteiger partial charge is 0.0331 e. The highest BCUT2D eigenvalue weighted by Gasteiger charge is 2.23. The molecular formula is C19H23N. The second-order valence-electron chi connectivity index (χ2n) is 6.02. The van der Waals surface area contributed by atoms with E-state index in [0.29, 0.717) is 12.1 Å². The fourth-order valence-corrected chi connectivity index (χ4v) is 3.16. The van der Waals surface area contributed by atoms with E-state index in [1.165, 1.54) is 40.7 Å². The van der Waals surface area contributed by atoms with Crippen molar-refractivity contribution in [2.24, 2.45) is 0 Å². The average Bonchev–Trinajstić information content (AvgIpc) is 2.85. The van der Waals surface area contributed by atoms with Gasteiger partial charge in [-0.2, -0.15) is 0 Å². The van der Waals surface area contributed by atoms with Gasteiger partial charge >= 0.3 is 0 Å². The molecule has 2 atom stereocenters. The summed E-state index contributed by atoms with van der Waals surface area (Å²) >= 11 is 0. The largest absolute Gasteiger partial charge is 0.303 e. The van der Waals surface area contributed by atoms with Crippen molar-refractivity contribution < 1.29 is 0 Å². The molecule has 20 heavy (non-hydrogen) atoms. The first kappa shape index (κ1) is 13.4. The van der Waals surface area contributed by atoms with E-state index in [2.05, 4.69) is 68.6 Å². The van der Waals surface area contributed by atoms with Gasteiger partial charge in [-0.1, -0.05) is 42.5 Å². The van der Waals surface area contributed by atoms with E-state index in [1.54, 1.807) is 0 Å². The van der Waals surface area contributed by atoms with Crippen LogP contribution in [0.5, 0.6) is 0 Å². The second kappa shape index (κ2) is 5.41. The summed E-state index contributed by atoms with van der Waals surface area (Å²) in [6, 6.07) is 16.5. The van der Waals surface area contributed by atoms with Gasteiger partial charge in [0.2, 0.25) is 0 Å². The lowest BCUT2D eigenvalue weighted by Gasteiger charge is -2.21. The molecule has 0 amide bonds. The van der Waals surface area contributed by atoms with Crippen molar-refractivity contribution in [3.63, 3.8) is 0 Å². The van der Waals surface area contributed by atoms with E-state index >= 15 is 0 Å². The molecule has 2 aromatic rings. The fourth-order valence-electron chi connectivity index (χ4n) is 3.16. The zero-order valence-corrected chi connectivity index (χ0v) is 12.6. The monoisotopic (exact) mass is 265 g/mol. The molecule has 0 aliphatic heterocycles. The molecule has 0 saturated heterocycles. The Bertz CT molecular complexity index is 615. The SMILES string of the molecule is Cc1ccc(C(C)NC2CCc3ccccc32)cc1C. The highest BCUT2D eigenvalue weighted by atomic mass is 14.9. The first-order valence-corrected chi connectivity index (χ1v) is 7.56. The van der Waals surface area contributed by atoms with Crippen LogP contribution in [0.15, 0.2) is 42.5 Å². The molecule has 1 heteroatoms. The number of hydrogen-bond donors (Lipinski definition) is 1. The van der Waals surface area contributed by atoms with Gasteiger partial charge in [-0.25, -0.2) is 0 Å². The van der Waals surface area contributed by atoms with Crippen molar-refractivity contribution in [3.8, 4) is 0 Å². The van der Waals surface area contributed by atoms with Gasteiger partial charge in [-0.05, 0) is 61.4 Å². The Balaban J connectivity index is 1.77. The molecule has 2 aromatic carbocycles. The third-order valence-corrected chi connectivity index (χ3v) is 4.62. The number of nitrogens with one attached hydrogen (secondary N) is 1. The van der Waals surface area contributed by atoms with Crippen LogP contribution in [0, 0.1) is 13.8 Å². The van der Waals surface area contributed by atoms with E-state index in [1.807, 2.05) is 0 Å². The molecule has 1 N–H and O–H groups in total. The fraction of sp³-hybridized carbons (Fsp3) is 0.368. The van der Waals surface area contributed by atoms with E-state index in [9.17, 15) is 0 Å². The van der Waals surface area contributed by atoms with Crippen molar-refractivity contribution in [3.05, 3.63) is 70.3 Å². The normalized spacial score (nSPS) is 18.9. The number of hydrogen-bond acceptors (Lipinski definition) is 1. The quantitative estimate of drug-likeness (QED) is 0.852. The van der Waals surface area contributed by atoms with Crippen LogP contribution in [0.4, 0.5) is 0 Å². The van der Waals surface area contributed by atoms with E-state index in [0.717, 1.165) is 0 Å². The molecule has 2 unspecified atom stereocenters. The summed E-state index contributed by atoms with van der Waals surface area (Å²) in [4.78, 5) is 0. The standard InChI is InChI=1S/C19H23N/c1-13-8-9-17(12-14(13)2)15(3)20-19-11-10-16-6-4-5-7-18(16)19/h4-9,12,15,19-20H,10-11H2,1-3H3. The molecule has 1 aliphatic rings. The predicted octanol–water partition coefficient (Wildman–Crippen LogP) is 4.64. The van der Waals surface area contributed by atoms with E-state index in [4.69, 9.17) is 0 Å². The molecule has 0 heterocycles. The van der Waals surface area contributed by atoms with Crippen LogP contribution >= 0.6 is 0 Å². The summed E-state index contributed by atoms with van der Waals surface area (Å²) in [7, 11) is 0. The first-order valence-electron chi connectivity index (χ1n) is 7.56. The number of rotatable bonds is 3. The van der Waals surface area contributed by atoms with Crippen molar-refractivity contribution >= 4 is 0 Å². The highest BCUT2D eigenvalue weighted by molar-refractivity contribution is 5.35. The molecule has 0 bridgehead atoms.